The molecule has 96 valence electrons. The first-order valence-electron chi connectivity index (χ1n) is 5.81. The van der Waals surface area contributed by atoms with Crippen molar-refractivity contribution in [3.05, 3.63) is 51.8 Å². The molecule has 3 rings (SSSR count). The van der Waals surface area contributed by atoms with Crippen LogP contribution in [0, 0.1) is 11.7 Å². The zero-order chi connectivity index (χ0) is 13.4. The molecular formula is C13H11ClN4S. The van der Waals surface area contributed by atoms with Gasteiger partial charge in [0.25, 0.3) is 0 Å². The van der Waals surface area contributed by atoms with Gasteiger partial charge in [0.2, 0.25) is 0 Å². The maximum Gasteiger partial charge on any atom is 0.178 e. The molecule has 0 radical (unpaired) electrons. The number of imidazole rings is 1. The maximum absolute atomic E-state index is 6.15. The van der Waals surface area contributed by atoms with Gasteiger partial charge in [-0.15, -0.1) is 0 Å². The molecule has 2 aromatic heterocycles. The number of nitrogens with one attached hydrogen (secondary N) is 1. The lowest BCUT2D eigenvalue weighted by Gasteiger charge is -2.04. The van der Waals surface area contributed by atoms with Gasteiger partial charge in [-0.05, 0) is 37.3 Å². The second-order valence-electron chi connectivity index (χ2n) is 4.25. The van der Waals surface area contributed by atoms with Gasteiger partial charge in [-0.3, -0.25) is 0 Å². The zero-order valence-electron chi connectivity index (χ0n) is 10.2. The van der Waals surface area contributed by atoms with Gasteiger partial charge in [0.1, 0.15) is 5.82 Å². The van der Waals surface area contributed by atoms with Gasteiger partial charge in [0, 0.05) is 6.20 Å². The highest BCUT2D eigenvalue weighted by Crippen LogP contribution is 2.23. The lowest BCUT2D eigenvalue weighted by atomic mass is 10.3. The number of aryl methyl sites for hydroxylation is 1. The summed E-state index contributed by atoms with van der Waals surface area (Å²) in [6.45, 7) is 2.47. The average Bonchev–Trinajstić information content (AvgIpc) is 2.69. The number of nitrogens with zero attached hydrogens (tertiary/aromatic N) is 3. The van der Waals surface area contributed by atoms with E-state index in [1.807, 2.05) is 35.8 Å². The van der Waals surface area contributed by atoms with E-state index in [4.69, 9.17) is 23.8 Å². The van der Waals surface area contributed by atoms with E-state index in [0.29, 0.717) is 16.3 Å². The summed E-state index contributed by atoms with van der Waals surface area (Å²) in [5.74, 6) is 0.752. The Kier molecular flexibility index (Phi) is 3.08. The summed E-state index contributed by atoms with van der Waals surface area (Å²) >= 11 is 11.5. The summed E-state index contributed by atoms with van der Waals surface area (Å²) in [5.41, 5.74) is 2.76. The Morgan fingerprint density at radius 3 is 3.00 bits per heavy atom. The molecule has 6 heteroatoms. The first kappa shape index (κ1) is 12.3. The number of para-hydroxylation sites is 1. The first-order valence-corrected chi connectivity index (χ1v) is 6.59. The minimum atomic E-state index is 0.600. The number of benzene rings is 1. The molecule has 19 heavy (non-hydrogen) atoms. The van der Waals surface area contributed by atoms with Crippen LogP contribution in [0.2, 0.25) is 5.02 Å². The van der Waals surface area contributed by atoms with Crippen molar-refractivity contribution in [3.8, 4) is 0 Å². The molecule has 0 aliphatic carbocycles. The molecule has 0 aliphatic heterocycles. The van der Waals surface area contributed by atoms with Crippen LogP contribution in [0.25, 0.3) is 11.0 Å². The van der Waals surface area contributed by atoms with Crippen molar-refractivity contribution in [3.63, 3.8) is 0 Å². The van der Waals surface area contributed by atoms with Gasteiger partial charge >= 0.3 is 0 Å². The quantitative estimate of drug-likeness (QED) is 0.735. The molecule has 0 saturated heterocycles. The second-order valence-corrected chi connectivity index (χ2v) is 5.04. The van der Waals surface area contributed by atoms with Crippen LogP contribution in [0.15, 0.2) is 30.5 Å². The minimum absolute atomic E-state index is 0.600. The third-order valence-electron chi connectivity index (χ3n) is 2.91. The smallest absolute Gasteiger partial charge is 0.178 e. The molecule has 0 amide bonds. The van der Waals surface area contributed by atoms with Crippen LogP contribution in [0.4, 0.5) is 0 Å². The SMILES string of the molecule is Cc1nccc(Cn2c(=S)[nH]c3c(Cl)cccc32)n1. The number of fused-ring (bicyclic) bond motifs is 1. The number of aromatic amines is 1. The fourth-order valence-electron chi connectivity index (χ4n) is 2.06. The number of hydrogen-bond acceptors (Lipinski definition) is 3. The van der Waals surface area contributed by atoms with Crippen molar-refractivity contribution in [2.45, 2.75) is 13.5 Å². The summed E-state index contributed by atoms with van der Waals surface area (Å²) < 4.78 is 2.62. The Balaban J connectivity index is 2.13. The lowest BCUT2D eigenvalue weighted by molar-refractivity contribution is 0.773. The first-order chi connectivity index (χ1) is 9.15. The van der Waals surface area contributed by atoms with Crippen LogP contribution in [-0.4, -0.2) is 19.5 Å². The van der Waals surface area contributed by atoms with E-state index in [1.54, 1.807) is 6.20 Å². The van der Waals surface area contributed by atoms with Gasteiger partial charge in [-0.2, -0.15) is 0 Å². The molecule has 0 bridgehead atoms. The number of aromatic nitrogens is 4. The van der Waals surface area contributed by atoms with Crippen LogP contribution < -0.4 is 0 Å². The van der Waals surface area contributed by atoms with E-state index in [1.165, 1.54) is 0 Å². The largest absolute Gasteiger partial charge is 0.329 e. The van der Waals surface area contributed by atoms with E-state index in [9.17, 15) is 0 Å². The number of H-pyrrole nitrogens is 1. The van der Waals surface area contributed by atoms with Gasteiger partial charge in [0.15, 0.2) is 4.77 Å². The fraction of sp³-hybridized carbons (Fsp3) is 0.154. The third-order valence-corrected chi connectivity index (χ3v) is 3.55. The van der Waals surface area contributed by atoms with Gasteiger partial charge in [-0.25, -0.2) is 9.97 Å². The van der Waals surface area contributed by atoms with Crippen LogP contribution in [0.1, 0.15) is 11.5 Å². The molecule has 0 saturated carbocycles. The topological polar surface area (TPSA) is 46.5 Å². The molecule has 0 aliphatic rings. The third kappa shape index (κ3) is 2.27. The molecule has 1 N–H and O–H groups in total. The molecule has 4 nitrogen and oxygen atoms in total. The lowest BCUT2D eigenvalue weighted by Crippen LogP contribution is -2.03. The molecule has 1 aromatic carbocycles. The Morgan fingerprint density at radius 1 is 1.37 bits per heavy atom. The number of halogens is 1. The normalized spacial score (nSPS) is 11.1. The summed E-state index contributed by atoms with van der Waals surface area (Å²) in [6, 6.07) is 7.63. The monoisotopic (exact) mass is 290 g/mol. The minimum Gasteiger partial charge on any atom is -0.329 e. The Morgan fingerprint density at radius 2 is 2.21 bits per heavy atom. The summed E-state index contributed by atoms with van der Waals surface area (Å²) in [5, 5.41) is 0.668. The highest BCUT2D eigenvalue weighted by atomic mass is 35.5. The van der Waals surface area contributed by atoms with E-state index < -0.39 is 0 Å². The number of rotatable bonds is 2. The Bertz CT molecular complexity index is 806. The number of hydrogen-bond donors (Lipinski definition) is 1. The molecule has 0 spiro atoms. The van der Waals surface area contributed by atoms with E-state index in [2.05, 4.69) is 15.0 Å². The Hall–Kier alpha value is -1.72. The van der Waals surface area contributed by atoms with Gasteiger partial charge in [0.05, 0.1) is 28.3 Å². The predicted octanol–water partition coefficient (Wildman–Crippen LogP) is 3.50. The summed E-state index contributed by atoms with van der Waals surface area (Å²) in [6.07, 6.45) is 1.75. The standard InChI is InChI=1S/C13H11ClN4S/c1-8-15-6-5-9(16-8)7-18-11-4-2-3-10(14)12(11)17-13(18)19/h2-6H,7H2,1H3,(H,17,19). The fourth-order valence-corrected chi connectivity index (χ4v) is 2.54. The summed E-state index contributed by atoms with van der Waals surface area (Å²) in [7, 11) is 0. The van der Waals surface area contributed by atoms with Crippen molar-refractivity contribution in [2.24, 2.45) is 0 Å². The van der Waals surface area contributed by atoms with Crippen molar-refractivity contribution in [1.29, 1.82) is 0 Å². The molecule has 0 unspecified atom stereocenters. The van der Waals surface area contributed by atoms with Crippen LogP contribution in [0.3, 0.4) is 0 Å². The zero-order valence-corrected chi connectivity index (χ0v) is 11.8. The van der Waals surface area contributed by atoms with Gasteiger partial charge in [-0.1, -0.05) is 17.7 Å². The van der Waals surface area contributed by atoms with Crippen molar-refractivity contribution >= 4 is 34.9 Å². The maximum atomic E-state index is 6.15. The van der Waals surface area contributed by atoms with Crippen LogP contribution in [0.5, 0.6) is 0 Å². The molecule has 0 fully saturated rings. The highest BCUT2D eigenvalue weighted by molar-refractivity contribution is 7.71. The van der Waals surface area contributed by atoms with Crippen molar-refractivity contribution in [1.82, 2.24) is 19.5 Å². The van der Waals surface area contributed by atoms with E-state index in [-0.39, 0.29) is 0 Å². The Labute approximate surface area is 120 Å². The predicted molar refractivity (Wildman–Crippen MR) is 78.0 cm³/mol. The molecule has 0 atom stereocenters. The van der Waals surface area contributed by atoms with Crippen molar-refractivity contribution < 1.29 is 0 Å². The van der Waals surface area contributed by atoms with Gasteiger partial charge < -0.3 is 9.55 Å². The van der Waals surface area contributed by atoms with Crippen LogP contribution in [-0.2, 0) is 6.54 Å². The molecule has 2 heterocycles. The molecule has 3 aromatic rings. The van der Waals surface area contributed by atoms with Crippen LogP contribution >= 0.6 is 23.8 Å². The molecular weight excluding hydrogens is 280 g/mol. The second kappa shape index (κ2) is 4.75. The highest BCUT2D eigenvalue weighted by Gasteiger charge is 2.08. The average molecular weight is 291 g/mol. The summed E-state index contributed by atoms with van der Waals surface area (Å²) in [4.78, 5) is 11.6. The van der Waals surface area contributed by atoms with E-state index >= 15 is 0 Å². The van der Waals surface area contributed by atoms with E-state index in [0.717, 1.165) is 22.6 Å². The van der Waals surface area contributed by atoms with Crippen molar-refractivity contribution in [2.75, 3.05) is 0 Å².